The Morgan fingerprint density at radius 3 is 2.69 bits per heavy atom. The number of rotatable bonds is 3. The Kier molecular flexibility index (Phi) is 5.29. The highest BCUT2D eigenvalue weighted by Gasteiger charge is 2.72. The van der Waals surface area contributed by atoms with E-state index in [2.05, 4.69) is 13.8 Å². The topological polar surface area (TPSA) is 82.1 Å². The van der Waals surface area contributed by atoms with Crippen LogP contribution in [0.5, 0.6) is 0 Å². The van der Waals surface area contributed by atoms with Crippen molar-refractivity contribution in [2.24, 2.45) is 28.6 Å². The van der Waals surface area contributed by atoms with E-state index in [9.17, 15) is 14.7 Å². The second kappa shape index (κ2) is 7.46. The molecule has 1 aliphatic heterocycles. The number of allylic oxidation sites excluding steroid dienone is 1. The summed E-state index contributed by atoms with van der Waals surface area (Å²) in [5.41, 5.74) is -0.349. The molecule has 1 saturated heterocycles. The highest BCUT2D eigenvalue weighted by Crippen LogP contribution is 2.69. The third kappa shape index (κ3) is 2.85. The first kappa shape index (κ1) is 22.7. The second-order valence-electron chi connectivity index (χ2n) is 11.4. The number of carbonyl (C=O) groups excluding carboxylic acids is 2. The summed E-state index contributed by atoms with van der Waals surface area (Å²) in [6.07, 6.45) is 8.06. The first-order valence-electron chi connectivity index (χ1n) is 12.5. The summed E-state index contributed by atoms with van der Waals surface area (Å²) in [4.78, 5) is 25.5. The van der Waals surface area contributed by atoms with E-state index >= 15 is 0 Å². The number of hydrogen-bond donors (Lipinski definition) is 1. The fraction of sp³-hybridized carbons (Fsp3) is 0.846. The monoisotopic (exact) mass is 446 g/mol. The number of aliphatic hydroxyl groups excluding tert-OH is 1. The molecule has 8 atom stereocenters. The van der Waals surface area contributed by atoms with E-state index < -0.39 is 23.1 Å². The lowest BCUT2D eigenvalue weighted by molar-refractivity contribution is -0.426. The fourth-order valence-electron chi connectivity index (χ4n) is 8.58. The summed E-state index contributed by atoms with van der Waals surface area (Å²) < 4.78 is 18.1. The molecule has 0 amide bonds. The molecule has 3 saturated carbocycles. The van der Waals surface area contributed by atoms with Crippen molar-refractivity contribution in [3.8, 4) is 0 Å². The third-order valence-electron chi connectivity index (χ3n) is 10.1. The maximum atomic E-state index is 13.4. The van der Waals surface area contributed by atoms with E-state index in [1.54, 1.807) is 7.11 Å². The number of ether oxygens (including phenoxy) is 3. The molecule has 0 bridgehead atoms. The number of fused-ring (bicyclic) bond motifs is 6. The van der Waals surface area contributed by atoms with Gasteiger partial charge in [-0.3, -0.25) is 9.59 Å². The summed E-state index contributed by atoms with van der Waals surface area (Å²) in [7, 11) is 1.58. The van der Waals surface area contributed by atoms with Gasteiger partial charge in [0.15, 0.2) is 11.6 Å². The van der Waals surface area contributed by atoms with Crippen molar-refractivity contribution in [1.82, 2.24) is 0 Å². The zero-order valence-electron chi connectivity index (χ0n) is 19.9. The van der Waals surface area contributed by atoms with Crippen LogP contribution in [-0.2, 0) is 23.8 Å². The molecule has 32 heavy (non-hydrogen) atoms. The average Bonchev–Trinajstić information content (AvgIpc) is 3.03. The molecule has 178 valence electrons. The van der Waals surface area contributed by atoms with Gasteiger partial charge in [-0.2, -0.15) is 0 Å². The first-order chi connectivity index (χ1) is 15.1. The van der Waals surface area contributed by atoms with Crippen molar-refractivity contribution >= 4 is 11.6 Å². The SMILES string of the molecule is CCCC1(OC)OCC(=O)C2(CCC3C4CCC5=CC(=O)CCC5(C)C4C(O)CC32C)O1. The van der Waals surface area contributed by atoms with Gasteiger partial charge < -0.3 is 19.3 Å². The normalized spacial score (nSPS) is 50.6. The summed E-state index contributed by atoms with van der Waals surface area (Å²) in [6, 6.07) is 0. The minimum Gasteiger partial charge on any atom is -0.393 e. The minimum atomic E-state index is -1.19. The first-order valence-corrected chi connectivity index (χ1v) is 12.5. The summed E-state index contributed by atoms with van der Waals surface area (Å²) in [5, 5.41) is 11.6. The standard InChI is InChI=1S/C26H38O6/c1-5-10-26(30-4)31-15-21(29)25(32-26)12-9-19-18-7-6-16-13-17(27)8-11-23(16,2)22(18)20(28)14-24(19,25)3/h13,18-20,22,28H,5-12,14-15H2,1-4H3. The van der Waals surface area contributed by atoms with Crippen LogP contribution in [0.25, 0.3) is 0 Å². The Hall–Kier alpha value is -1.08. The van der Waals surface area contributed by atoms with Crippen molar-refractivity contribution in [3.05, 3.63) is 11.6 Å². The zero-order chi connectivity index (χ0) is 22.9. The zero-order valence-corrected chi connectivity index (χ0v) is 19.9. The number of carbonyl (C=O) groups is 2. The molecule has 0 aromatic heterocycles. The van der Waals surface area contributed by atoms with Crippen LogP contribution in [0.3, 0.4) is 0 Å². The molecule has 6 nitrogen and oxygen atoms in total. The van der Waals surface area contributed by atoms with E-state index in [1.165, 1.54) is 5.57 Å². The van der Waals surface area contributed by atoms with Gasteiger partial charge in [-0.05, 0) is 74.2 Å². The number of ketones is 2. The highest BCUT2D eigenvalue weighted by molar-refractivity contribution is 5.92. The lowest BCUT2D eigenvalue weighted by atomic mass is 9.45. The van der Waals surface area contributed by atoms with Gasteiger partial charge >= 0.3 is 0 Å². The maximum absolute atomic E-state index is 13.4. The van der Waals surface area contributed by atoms with Crippen LogP contribution in [0.15, 0.2) is 11.6 Å². The predicted molar refractivity (Wildman–Crippen MR) is 118 cm³/mol. The summed E-state index contributed by atoms with van der Waals surface area (Å²) >= 11 is 0. The van der Waals surface area contributed by atoms with Crippen LogP contribution in [0.1, 0.15) is 78.6 Å². The van der Waals surface area contributed by atoms with Gasteiger partial charge in [0, 0.05) is 25.4 Å². The second-order valence-corrected chi connectivity index (χ2v) is 11.4. The maximum Gasteiger partial charge on any atom is 0.284 e. The van der Waals surface area contributed by atoms with Gasteiger partial charge in [-0.25, -0.2) is 0 Å². The molecule has 4 fully saturated rings. The molecule has 0 aromatic carbocycles. The van der Waals surface area contributed by atoms with Crippen molar-refractivity contribution in [1.29, 1.82) is 0 Å². The van der Waals surface area contributed by atoms with Gasteiger partial charge in [0.25, 0.3) is 5.97 Å². The molecule has 0 radical (unpaired) electrons. The molecule has 8 unspecified atom stereocenters. The molecule has 6 heteroatoms. The predicted octanol–water partition coefficient (Wildman–Crippen LogP) is 3.94. The Bertz CT molecular complexity index is 851. The van der Waals surface area contributed by atoms with E-state index in [4.69, 9.17) is 14.2 Å². The lowest BCUT2D eigenvalue weighted by Gasteiger charge is -2.62. The molecule has 1 N–H and O–H groups in total. The minimum absolute atomic E-state index is 0.00689. The van der Waals surface area contributed by atoms with E-state index in [0.717, 1.165) is 32.1 Å². The van der Waals surface area contributed by atoms with Gasteiger partial charge in [-0.1, -0.05) is 26.3 Å². The molecular formula is C26H38O6. The third-order valence-corrected chi connectivity index (χ3v) is 10.1. The van der Waals surface area contributed by atoms with Crippen LogP contribution >= 0.6 is 0 Å². The van der Waals surface area contributed by atoms with Gasteiger partial charge in [-0.15, -0.1) is 0 Å². The Labute approximate surface area is 191 Å². The van der Waals surface area contributed by atoms with Crippen LogP contribution in [-0.4, -0.2) is 48.1 Å². The Morgan fingerprint density at radius 2 is 1.97 bits per heavy atom. The lowest BCUT2D eigenvalue weighted by Crippen LogP contribution is -2.67. The number of Topliss-reactive ketones (excluding diaryl/α,β-unsaturated/α-hetero) is 1. The molecule has 1 heterocycles. The van der Waals surface area contributed by atoms with E-state index in [1.807, 2.05) is 13.0 Å². The van der Waals surface area contributed by atoms with Crippen molar-refractivity contribution < 1.29 is 28.9 Å². The Balaban J connectivity index is 1.52. The van der Waals surface area contributed by atoms with Crippen LogP contribution in [0.2, 0.25) is 0 Å². The quantitative estimate of drug-likeness (QED) is 0.707. The average molecular weight is 447 g/mol. The van der Waals surface area contributed by atoms with Crippen molar-refractivity contribution in [2.75, 3.05) is 13.7 Å². The molecular weight excluding hydrogens is 408 g/mol. The Morgan fingerprint density at radius 1 is 1.19 bits per heavy atom. The van der Waals surface area contributed by atoms with Crippen LogP contribution < -0.4 is 0 Å². The van der Waals surface area contributed by atoms with Crippen LogP contribution in [0.4, 0.5) is 0 Å². The van der Waals surface area contributed by atoms with Crippen molar-refractivity contribution in [2.45, 2.75) is 96.2 Å². The van der Waals surface area contributed by atoms with Gasteiger partial charge in [0.2, 0.25) is 0 Å². The molecule has 4 aliphatic carbocycles. The fourth-order valence-corrected chi connectivity index (χ4v) is 8.58. The molecule has 5 aliphatic rings. The number of aliphatic hydroxyl groups is 1. The van der Waals surface area contributed by atoms with E-state index in [0.29, 0.717) is 37.5 Å². The smallest absolute Gasteiger partial charge is 0.284 e. The van der Waals surface area contributed by atoms with E-state index in [-0.39, 0.29) is 29.5 Å². The molecule has 1 spiro atoms. The highest BCUT2D eigenvalue weighted by atomic mass is 16.9. The van der Waals surface area contributed by atoms with Crippen LogP contribution in [0, 0.1) is 28.6 Å². The summed E-state index contributed by atoms with van der Waals surface area (Å²) in [6.45, 7) is 6.46. The summed E-state index contributed by atoms with van der Waals surface area (Å²) in [5.74, 6) is -0.241. The molecule has 5 rings (SSSR count). The largest absolute Gasteiger partial charge is 0.393 e. The number of methoxy groups -OCH3 is 1. The van der Waals surface area contributed by atoms with Gasteiger partial charge in [0.1, 0.15) is 12.2 Å². The van der Waals surface area contributed by atoms with Crippen molar-refractivity contribution in [3.63, 3.8) is 0 Å². The number of hydrogen-bond acceptors (Lipinski definition) is 6. The molecule has 0 aromatic rings. The van der Waals surface area contributed by atoms with Gasteiger partial charge in [0.05, 0.1) is 6.10 Å².